The van der Waals surface area contributed by atoms with Crippen LogP contribution in [-0.4, -0.2) is 213 Å². The summed E-state index contributed by atoms with van der Waals surface area (Å²) in [6.07, 6.45) is 1.77. The van der Waals surface area contributed by atoms with Crippen LogP contribution in [0.5, 0.6) is 0 Å². The van der Waals surface area contributed by atoms with Crippen LogP contribution in [0.3, 0.4) is 0 Å². The van der Waals surface area contributed by atoms with E-state index in [9.17, 15) is 87.1 Å². The maximum Gasteiger partial charge on any atom is 0.306 e. The van der Waals surface area contributed by atoms with Crippen molar-refractivity contribution in [1.82, 2.24) is 4.90 Å². The molecule has 36 atom stereocenters. The van der Waals surface area contributed by atoms with Crippen molar-refractivity contribution in [2.24, 2.45) is 114 Å². The molecule has 16 aliphatic carbocycles. The summed E-state index contributed by atoms with van der Waals surface area (Å²) in [5.41, 5.74) is -26.4. The molecule has 22 nitrogen and oxygen atoms in total. The van der Waals surface area contributed by atoms with E-state index < -0.39 is 282 Å². The molecule has 16 rings (SSSR count). The minimum absolute atomic E-state index is 0.0133. The number of halogens is 9. The minimum atomic E-state index is -2.32. The molecular weight excluding hydrogens is 1830 g/mol. The quantitative estimate of drug-likeness (QED) is 0.0495. The van der Waals surface area contributed by atoms with Crippen molar-refractivity contribution in [1.29, 1.82) is 0 Å². The third kappa shape index (κ3) is 14.3. The van der Waals surface area contributed by atoms with Gasteiger partial charge in [0, 0.05) is 142 Å². The van der Waals surface area contributed by atoms with E-state index in [-0.39, 0.29) is 118 Å². The summed E-state index contributed by atoms with van der Waals surface area (Å²) < 4.78 is 168. The molecule has 0 radical (unpaired) electrons. The Kier molecular flexibility index (Phi) is 27.7. The van der Waals surface area contributed by atoms with Gasteiger partial charge in [0.05, 0.1) is 24.4 Å². The predicted octanol–water partition coefficient (Wildman–Crippen LogP) is 16.1. The number of allylic oxidation sites excluding steroid dienone is 16. The highest BCUT2D eigenvalue weighted by Gasteiger charge is 2.84. The molecule has 0 spiro atoms. The van der Waals surface area contributed by atoms with Gasteiger partial charge in [0.2, 0.25) is 15.3 Å². The van der Waals surface area contributed by atoms with Gasteiger partial charge in [-0.2, -0.15) is 0 Å². The third-order valence-corrected chi connectivity index (χ3v) is 39.1. The van der Waals surface area contributed by atoms with Crippen molar-refractivity contribution in [2.75, 3.05) is 20.1 Å². The van der Waals surface area contributed by atoms with Gasteiger partial charge < -0.3 is 44.3 Å². The zero-order valence-corrected chi connectivity index (χ0v) is 82.4. The first-order chi connectivity index (χ1) is 62.5. The van der Waals surface area contributed by atoms with E-state index in [1.54, 1.807) is 83.1 Å². The highest BCUT2D eigenvalue weighted by atomic mass is 32.2. The second kappa shape index (κ2) is 35.5. The molecule has 0 aromatic heterocycles. The number of amides is 1. The lowest BCUT2D eigenvalue weighted by Crippen LogP contribution is -2.70. The molecule has 34 heteroatoms. The second-order valence-corrected chi connectivity index (χ2v) is 45.4. The zero-order valence-electron chi connectivity index (χ0n) is 79.8. The van der Waals surface area contributed by atoms with Gasteiger partial charge in [-0.05, 0) is 218 Å². The number of nitrogens with zero attached hydrogens (tertiary/aromatic N) is 1. The van der Waals surface area contributed by atoms with Crippen molar-refractivity contribution in [3.05, 3.63) is 95.2 Å². The van der Waals surface area contributed by atoms with Crippen molar-refractivity contribution in [2.45, 2.75) is 315 Å². The zero-order chi connectivity index (χ0) is 101. The van der Waals surface area contributed by atoms with Gasteiger partial charge in [0.1, 0.15) is 30.7 Å². The fourth-order valence-corrected chi connectivity index (χ4v) is 32.9. The largest absolute Gasteiger partial charge is 0.450 e. The fourth-order valence-electron chi connectivity index (χ4n) is 30.6. The molecule has 16 aliphatic rings. The monoisotopic (exact) mass is 1960 g/mol. The molecule has 0 aliphatic heterocycles. The Hall–Kier alpha value is -7.11. The number of alkyl halides is 9. The smallest absolute Gasteiger partial charge is 0.306 e. The molecule has 0 aromatic rings. The van der Waals surface area contributed by atoms with Crippen LogP contribution >= 0.6 is 36.2 Å². The molecule has 1 amide bonds. The Morgan fingerprint density at radius 2 is 0.622 bits per heavy atom. The van der Waals surface area contributed by atoms with Crippen LogP contribution in [0.25, 0.3) is 0 Å². The first-order valence-corrected chi connectivity index (χ1v) is 49.4. The number of ether oxygens (including phenoxy) is 4. The predicted molar refractivity (Wildman–Crippen MR) is 484 cm³/mol. The Morgan fingerprint density at radius 3 is 0.867 bits per heavy atom. The lowest BCUT2D eigenvalue weighted by molar-refractivity contribution is -0.230. The van der Waals surface area contributed by atoms with Crippen molar-refractivity contribution < 1.29 is 141 Å². The Morgan fingerprint density at radius 1 is 0.393 bits per heavy atom. The van der Waals surface area contributed by atoms with Crippen LogP contribution in [0.1, 0.15) is 220 Å². The number of carbonyl (C=O) groups excluding carboxylic acids is 13. The van der Waals surface area contributed by atoms with Gasteiger partial charge in [-0.1, -0.05) is 107 Å². The standard InChI is InChI=1S/C27H35F2NO6S.C25H31F3O5S.C25H32F2O5.C24H30F2O5S/c1-7-21(33)36-27(22(34)37-23(35)30(5)6)14(2)10-16-17-12-19(28)18-11-15(31)8-9-24(18,3)26(17,29)20(32)13-25(16,27)4;1-5-20(31)33-25(21(32)34-12-26)13(2)8-15-16-10-18(27)17-9-14(29)6-7-22(17,3)24(16,28)19(30)11-23(15,25)4;1-6-21(31)32-25(14(3)28)13(2)9-16-17-11-19(26)18-10-15(29)7-8-22(18,4)24(17,27)20(30)12-23(16,25)5;1-5-19(29)31-24(20(30)32)12(2)8-14-15-10-17(25)16-9-13(27)6-7-21(16,3)23(15,26)18(28)11-22(14,24)4/h8-9,11,14,16-17,19-20,32H,7,10,12-13H2,1-6H3;6-7,9,13,15-16,18-19,30H,5,8,10-12H2,1-4H3;7-8,10,13,16-17,19-20,30H,6,9,11-12H2,1-5H3;6-7,9,12,14-15,17-18,28H,5,8,10-11H2,1-4H3,(H,30,32)/t14-,16?,17?,19+,20+,24+,25+,26+,27+;13-,15?,16?,18+,19+,22+,23+,24+,25+;13-,16?,17?,19+,20+,22+,23+,24+,25+;12-,14?,15?,17+,18+,21+,22+,23+,24+/m1111/s1. The van der Waals surface area contributed by atoms with Gasteiger partial charge in [-0.25, -0.2) is 39.5 Å². The molecule has 744 valence electrons. The van der Waals surface area contributed by atoms with Gasteiger partial charge in [-0.3, -0.25) is 62.3 Å². The van der Waals surface area contributed by atoms with Gasteiger partial charge in [-0.15, -0.1) is 12.6 Å². The Bertz CT molecular complexity index is 5080. The fraction of sp³-hybridized carbons (Fsp3) is 0.713. The second-order valence-electron chi connectivity index (χ2n) is 43.2. The summed E-state index contributed by atoms with van der Waals surface area (Å²) in [6.45, 7) is 27.7. The number of thioether (sulfide) groups is 2. The number of Topliss-reactive ketones (excluding diaryl/α,β-unsaturated/α-hetero) is 1. The summed E-state index contributed by atoms with van der Waals surface area (Å²) in [4.78, 5) is 165. The topological polar surface area (TPSA) is 343 Å². The maximum atomic E-state index is 17.4. The normalized spacial score (nSPS) is 47.6. The third-order valence-electron chi connectivity index (χ3n) is 37.1. The van der Waals surface area contributed by atoms with Crippen LogP contribution in [0.2, 0.25) is 0 Å². The van der Waals surface area contributed by atoms with Gasteiger partial charge in [0.25, 0.3) is 5.24 Å². The average Bonchev–Trinajstić information content (AvgIpc) is 1.47. The van der Waals surface area contributed by atoms with E-state index in [1.165, 1.54) is 95.3 Å². The number of carbonyl (C=O) groups is 13. The summed E-state index contributed by atoms with van der Waals surface area (Å²) in [7, 11) is 2.99. The van der Waals surface area contributed by atoms with Crippen molar-refractivity contribution in [3.63, 3.8) is 0 Å². The molecule has 0 bridgehead atoms. The minimum Gasteiger partial charge on any atom is -0.450 e. The van der Waals surface area contributed by atoms with Crippen LogP contribution in [0, 0.1) is 114 Å². The number of fused-ring (bicyclic) bond motifs is 20. The lowest BCUT2D eigenvalue weighted by atomic mass is 9.44. The maximum absolute atomic E-state index is 17.4. The molecule has 8 unspecified atom stereocenters. The number of thiol groups is 1. The summed E-state index contributed by atoms with van der Waals surface area (Å²) in [5.74, 6) is -12.7. The number of hydrogen-bond acceptors (Lipinski definition) is 23. The van der Waals surface area contributed by atoms with Gasteiger partial charge in [0.15, 0.2) is 74.0 Å². The molecule has 4 N–H and O–H groups in total. The van der Waals surface area contributed by atoms with E-state index in [0.717, 1.165) is 24.3 Å². The summed E-state index contributed by atoms with van der Waals surface area (Å²) in [5, 5.41) is 43.0. The first-order valence-electron chi connectivity index (χ1n) is 47.1. The summed E-state index contributed by atoms with van der Waals surface area (Å²) >= 11 is 4.91. The molecule has 135 heavy (non-hydrogen) atoms. The summed E-state index contributed by atoms with van der Waals surface area (Å²) in [6, 6.07) is -1.02. The first kappa shape index (κ1) is 105. The Labute approximate surface area is 795 Å². The number of hydrogen-bond donors (Lipinski definition) is 5. The van der Waals surface area contributed by atoms with Crippen LogP contribution < -0.4 is 0 Å². The highest BCUT2D eigenvalue weighted by molar-refractivity contribution is 8.26. The van der Waals surface area contributed by atoms with E-state index in [1.807, 2.05) is 6.92 Å². The number of aliphatic hydroxyl groups is 4. The molecule has 0 aromatic carbocycles. The Balaban J connectivity index is 0.000000153. The molecular formula is C101H128F9NO21S3. The van der Waals surface area contributed by atoms with Crippen molar-refractivity contribution >= 4 is 110 Å². The SMILES string of the molecule is CCC(=O)O[C@]1(C(=O)S)[C@H](C)CC2C3C[C@H](F)C4=CC(=O)C=C[C@]4(C)[C@@]3(F)[C@@H](O)C[C@@]21C.CCC(=O)O[C@]1(C(=O)SC(=O)N(C)C)[C@H](C)CC2C3C[C@H](F)C4=CC(=O)C=C[C@]4(C)[C@@]3(F)[C@@H](O)C[C@@]21C.CCC(=O)O[C@]1(C(=O)SCF)[C@H](C)CC2C3C[C@H](F)C4=CC(=O)C=C[C@]4(C)[C@@]3(F)[C@@H](O)C[C@@]21C.CCC(=O)O[C@]1(C(C)=O)[C@H](C)CC2C3C[C@H](F)C4=CC(=O)C=C[C@]4(C)[C@@]3(F)[C@@H](O)C[C@@]21C. The molecule has 12 fully saturated rings. The lowest BCUT2D eigenvalue weighted by Gasteiger charge is -2.63. The van der Waals surface area contributed by atoms with E-state index >= 15 is 35.1 Å². The van der Waals surface area contributed by atoms with Crippen LogP contribution in [-0.2, 0) is 76.5 Å². The van der Waals surface area contributed by atoms with Crippen LogP contribution in [0.4, 0.5) is 44.3 Å². The highest BCUT2D eigenvalue weighted by Crippen LogP contribution is 2.78. The molecule has 12 saturated carbocycles. The number of rotatable bonds is 13. The number of ketones is 5. The van der Waals surface area contributed by atoms with E-state index in [0.29, 0.717) is 36.4 Å². The van der Waals surface area contributed by atoms with Crippen molar-refractivity contribution in [3.8, 4) is 0 Å². The van der Waals surface area contributed by atoms with E-state index in [2.05, 4.69) is 12.6 Å². The number of aliphatic hydroxyl groups excluding tert-OH is 4. The van der Waals surface area contributed by atoms with Crippen LogP contribution in [0.15, 0.2) is 95.2 Å². The number of esters is 4. The molecule has 0 heterocycles. The molecule has 0 saturated heterocycles. The average molecular weight is 1960 g/mol. The van der Waals surface area contributed by atoms with Gasteiger partial charge >= 0.3 is 23.9 Å². The van der Waals surface area contributed by atoms with E-state index in [4.69, 9.17) is 18.9 Å².